The molecule has 0 radical (unpaired) electrons. The van der Waals surface area contributed by atoms with E-state index in [4.69, 9.17) is 0 Å². The number of fused-ring (bicyclic) bond motifs is 1. The molecule has 0 aliphatic carbocycles. The average molecular weight is 963 g/mol. The number of H-pyrrole nitrogens is 1. The first-order valence-electron chi connectivity index (χ1n) is 23.8. The number of carbonyl (C=O) groups excluding carboxylic acids is 4. The molecule has 3 fully saturated rings. The number of halogens is 5. The van der Waals surface area contributed by atoms with E-state index in [0.29, 0.717) is 50.6 Å². The molecule has 3 saturated heterocycles. The fraction of sp³-hybridized carbons (Fsp3) is 0.377. The van der Waals surface area contributed by atoms with Gasteiger partial charge in [0.25, 0.3) is 0 Å². The molecule has 366 valence electrons. The van der Waals surface area contributed by atoms with Gasteiger partial charge in [0.1, 0.15) is 23.9 Å². The van der Waals surface area contributed by atoms with Gasteiger partial charge in [-0.1, -0.05) is 54.6 Å². The fourth-order valence-corrected chi connectivity index (χ4v) is 10.4. The number of hydrogen-bond acceptors (Lipinski definition) is 8. The number of piperazine rings is 1. The van der Waals surface area contributed by atoms with Crippen LogP contribution in [-0.2, 0) is 33.5 Å². The molecule has 0 bridgehead atoms. The number of piperidine rings is 2. The van der Waals surface area contributed by atoms with Crippen LogP contribution in [0.5, 0.6) is 0 Å². The predicted molar refractivity (Wildman–Crippen MR) is 255 cm³/mol. The number of likely N-dealkylation sites (tertiary alicyclic amines) is 1. The Labute approximate surface area is 402 Å². The van der Waals surface area contributed by atoms with Crippen molar-refractivity contribution in [3.05, 3.63) is 143 Å². The summed E-state index contributed by atoms with van der Waals surface area (Å²) >= 11 is 0. The quantitative estimate of drug-likeness (QED) is 0.0563. The van der Waals surface area contributed by atoms with Crippen molar-refractivity contribution in [2.45, 2.75) is 82.7 Å². The number of alkyl halides is 3. The van der Waals surface area contributed by atoms with Gasteiger partial charge in [0, 0.05) is 92.2 Å². The number of amides is 3. The second-order valence-electron chi connectivity index (χ2n) is 19.0. The largest absolute Gasteiger partial charge is 0.416 e. The van der Waals surface area contributed by atoms with Crippen LogP contribution in [0.2, 0.25) is 0 Å². The summed E-state index contributed by atoms with van der Waals surface area (Å²) in [5.41, 5.74) is 3.80. The Balaban J connectivity index is 0.768. The number of nitrogens with one attached hydrogen (secondary N) is 3. The zero-order valence-electron chi connectivity index (χ0n) is 38.9. The Morgan fingerprint density at radius 3 is 2.24 bits per heavy atom. The van der Waals surface area contributed by atoms with E-state index in [9.17, 15) is 32.3 Å². The van der Waals surface area contributed by atoms with Crippen LogP contribution in [0.4, 0.5) is 27.6 Å². The summed E-state index contributed by atoms with van der Waals surface area (Å²) in [5.74, 6) is -2.99. The van der Waals surface area contributed by atoms with Crippen LogP contribution in [0, 0.1) is 17.6 Å². The number of anilines is 1. The van der Waals surface area contributed by atoms with E-state index in [0.717, 1.165) is 64.7 Å². The Hall–Kier alpha value is -6.72. The number of nitrogens with zero attached hydrogens (tertiary/aromatic N) is 5. The molecular weight excluding hydrogens is 908 g/mol. The minimum atomic E-state index is -4.41. The lowest BCUT2D eigenvalue weighted by Gasteiger charge is -2.47. The third-order valence-electron chi connectivity index (χ3n) is 14.2. The summed E-state index contributed by atoms with van der Waals surface area (Å²) in [5, 5.41) is 10.8. The molecule has 3 aliphatic heterocycles. The van der Waals surface area contributed by atoms with Crippen molar-refractivity contribution < 1.29 is 41.1 Å². The number of ketones is 1. The van der Waals surface area contributed by atoms with Crippen LogP contribution >= 0.6 is 0 Å². The maximum absolute atomic E-state index is 15.6. The third kappa shape index (κ3) is 10.6. The van der Waals surface area contributed by atoms with Crippen LogP contribution in [0.1, 0.15) is 84.1 Å². The van der Waals surface area contributed by atoms with Gasteiger partial charge in [-0.15, -0.1) is 0 Å². The lowest BCUT2D eigenvalue weighted by atomic mass is 9.90. The highest BCUT2D eigenvalue weighted by atomic mass is 19.4. The van der Waals surface area contributed by atoms with Gasteiger partial charge < -0.3 is 20.1 Å². The number of hydrogen-bond donors (Lipinski definition) is 3. The van der Waals surface area contributed by atoms with Crippen molar-refractivity contribution in [3.8, 4) is 11.1 Å². The standard InChI is InChI=1S/C53H55F5N8O4/c1-32-27-64(50-44(54)22-38(23-45(50)55)41-14-15-47(67)62-52(41)70)28-33(2)66(32)29-35-17-20-63(21-18-35)48(68)31-65-30-39(25-61-65)37-10-13-42-43(26-60-46(42)24-37)51(69)49(36-6-4-3-5-7-36)59-19-16-34-8-11-40(12-9-34)53(56,57)58/h3-13,22-26,30,32-33,35,41,49,59-60H,14-21,27-29,31H2,1-2H3,(H,62,67,70)/t32-,33+,41?,49?. The Morgan fingerprint density at radius 2 is 1.57 bits per heavy atom. The van der Waals surface area contributed by atoms with Gasteiger partial charge in [0.15, 0.2) is 5.78 Å². The van der Waals surface area contributed by atoms with Crippen molar-refractivity contribution in [1.82, 2.24) is 35.2 Å². The SMILES string of the molecule is C[C@@H]1CN(c2c(F)cc(C3CCC(=O)NC3=O)cc2F)C[C@H](C)N1CC1CCN(C(=O)Cn2cc(-c3ccc4c(C(=O)C(NCCc5ccc(C(F)(F)F)cc5)c5ccccc5)c[nH]c4c3)cn2)CC1. The fourth-order valence-electron chi connectivity index (χ4n) is 10.4. The highest BCUT2D eigenvalue weighted by Crippen LogP contribution is 2.35. The molecule has 2 aromatic heterocycles. The Bertz CT molecular complexity index is 2840. The monoisotopic (exact) mass is 962 g/mol. The van der Waals surface area contributed by atoms with Crippen molar-refractivity contribution >= 4 is 40.1 Å². The minimum Gasteiger partial charge on any atom is -0.364 e. The molecule has 3 N–H and O–H groups in total. The molecule has 5 heterocycles. The summed E-state index contributed by atoms with van der Waals surface area (Å²) in [6.07, 6.45) is 3.23. The highest BCUT2D eigenvalue weighted by Gasteiger charge is 2.36. The molecule has 70 heavy (non-hydrogen) atoms. The second kappa shape index (κ2) is 20.3. The number of benzene rings is 4. The maximum Gasteiger partial charge on any atom is 0.416 e. The Kier molecular flexibility index (Phi) is 14.0. The van der Waals surface area contributed by atoms with E-state index < -0.39 is 41.2 Å². The molecule has 4 atom stereocenters. The third-order valence-corrected chi connectivity index (χ3v) is 14.2. The molecule has 2 unspecified atom stereocenters. The number of imide groups is 1. The minimum absolute atomic E-state index is 0.00561. The lowest BCUT2D eigenvalue weighted by molar-refractivity contribution is -0.138. The smallest absolute Gasteiger partial charge is 0.364 e. The molecule has 3 amide bonds. The van der Waals surface area contributed by atoms with Gasteiger partial charge in [0.2, 0.25) is 17.7 Å². The van der Waals surface area contributed by atoms with E-state index in [2.05, 4.69) is 39.5 Å². The van der Waals surface area contributed by atoms with E-state index in [1.54, 1.807) is 22.0 Å². The van der Waals surface area contributed by atoms with Gasteiger partial charge in [-0.2, -0.15) is 18.3 Å². The molecule has 4 aromatic carbocycles. The van der Waals surface area contributed by atoms with Crippen LogP contribution in [-0.4, -0.2) is 99.4 Å². The van der Waals surface area contributed by atoms with Crippen molar-refractivity contribution in [1.29, 1.82) is 0 Å². The van der Waals surface area contributed by atoms with Gasteiger partial charge >= 0.3 is 6.18 Å². The molecular formula is C53H55F5N8O4. The van der Waals surface area contributed by atoms with Gasteiger partial charge in [-0.05, 0) is 98.0 Å². The predicted octanol–water partition coefficient (Wildman–Crippen LogP) is 8.44. The van der Waals surface area contributed by atoms with Gasteiger partial charge in [-0.3, -0.25) is 34.1 Å². The molecule has 0 spiro atoms. The number of Topliss-reactive ketones (excluding diaryl/α,β-unsaturated/α-hetero) is 1. The first-order valence-corrected chi connectivity index (χ1v) is 23.8. The molecule has 9 rings (SSSR count). The topological polar surface area (TPSA) is 136 Å². The maximum atomic E-state index is 15.6. The number of aromatic nitrogens is 3. The van der Waals surface area contributed by atoms with Crippen molar-refractivity contribution in [2.75, 3.05) is 44.2 Å². The van der Waals surface area contributed by atoms with E-state index in [1.807, 2.05) is 59.6 Å². The zero-order valence-corrected chi connectivity index (χ0v) is 38.9. The van der Waals surface area contributed by atoms with Crippen LogP contribution < -0.4 is 15.5 Å². The van der Waals surface area contributed by atoms with Gasteiger partial charge in [0.05, 0.1) is 23.7 Å². The van der Waals surface area contributed by atoms with Crippen LogP contribution in [0.25, 0.3) is 22.0 Å². The lowest BCUT2D eigenvalue weighted by Crippen LogP contribution is -2.58. The zero-order chi connectivity index (χ0) is 49.3. The average Bonchev–Trinajstić information content (AvgIpc) is 3.99. The van der Waals surface area contributed by atoms with E-state index in [-0.39, 0.29) is 60.3 Å². The van der Waals surface area contributed by atoms with E-state index in [1.165, 1.54) is 24.3 Å². The van der Waals surface area contributed by atoms with Crippen molar-refractivity contribution in [2.24, 2.45) is 5.92 Å². The Morgan fingerprint density at radius 1 is 0.871 bits per heavy atom. The molecule has 17 heteroatoms. The second-order valence-corrected chi connectivity index (χ2v) is 19.0. The molecule has 3 aliphatic rings. The number of carbonyl (C=O) groups is 4. The first kappa shape index (κ1) is 48.3. The number of aromatic amines is 1. The molecule has 0 saturated carbocycles. The van der Waals surface area contributed by atoms with Crippen LogP contribution in [0.3, 0.4) is 0 Å². The summed E-state index contributed by atoms with van der Waals surface area (Å²) < 4.78 is 72.0. The summed E-state index contributed by atoms with van der Waals surface area (Å²) in [6.45, 7) is 7.44. The van der Waals surface area contributed by atoms with Crippen LogP contribution in [0.15, 0.2) is 104 Å². The number of rotatable bonds is 14. The normalized spacial score (nSPS) is 20.0. The van der Waals surface area contributed by atoms with E-state index >= 15 is 8.78 Å². The summed E-state index contributed by atoms with van der Waals surface area (Å²) in [4.78, 5) is 60.9. The molecule has 12 nitrogen and oxygen atoms in total. The first-order chi connectivity index (χ1) is 33.6. The highest BCUT2D eigenvalue weighted by molar-refractivity contribution is 6.11. The summed E-state index contributed by atoms with van der Waals surface area (Å²) in [7, 11) is 0. The molecule has 6 aromatic rings. The van der Waals surface area contributed by atoms with Crippen molar-refractivity contribution in [3.63, 3.8) is 0 Å². The van der Waals surface area contributed by atoms with Gasteiger partial charge in [-0.25, -0.2) is 8.78 Å². The summed E-state index contributed by atoms with van der Waals surface area (Å²) in [6, 6.07) is 21.8.